The zero-order chi connectivity index (χ0) is 34.9. The highest BCUT2D eigenvalue weighted by Gasteiger charge is 2.70. The Hall–Kier alpha value is -4.79. The first-order valence-corrected chi connectivity index (χ1v) is 17.8. The molecule has 1 N–H and O–H groups in total. The number of phenols is 1. The Balaban J connectivity index is 1.37. The number of phenolic OH excluding ortho intramolecular Hbond substituents is 1. The van der Waals surface area contributed by atoms with Crippen molar-refractivity contribution in [3.05, 3.63) is 148 Å². The Morgan fingerprint density at radius 2 is 1.58 bits per heavy atom. The molecule has 4 amide bonds. The third kappa shape index (κ3) is 4.61. The maximum absolute atomic E-state index is 15.4. The molecule has 50 heavy (non-hydrogen) atoms. The lowest BCUT2D eigenvalue weighted by Gasteiger charge is -2.50. The van der Waals surface area contributed by atoms with Gasteiger partial charge in [0.1, 0.15) is 5.75 Å². The molecule has 4 aromatic carbocycles. The first-order chi connectivity index (χ1) is 24.2. The van der Waals surface area contributed by atoms with Gasteiger partial charge in [0.05, 0.1) is 34.5 Å². The summed E-state index contributed by atoms with van der Waals surface area (Å²) < 4.78 is 0.821. The number of imide groups is 2. The minimum Gasteiger partial charge on any atom is -0.507 e. The van der Waals surface area contributed by atoms with E-state index in [1.165, 1.54) is 9.80 Å². The summed E-state index contributed by atoms with van der Waals surface area (Å²) >= 11 is 9.84. The monoisotopic (exact) mass is 746 g/mol. The smallest absolute Gasteiger partial charge is 0.246 e. The van der Waals surface area contributed by atoms with Gasteiger partial charge in [0, 0.05) is 21.0 Å². The summed E-state index contributed by atoms with van der Waals surface area (Å²) in [6.45, 7) is 3.87. The van der Waals surface area contributed by atoms with Gasteiger partial charge in [-0.3, -0.25) is 24.1 Å². The molecule has 6 unspecified atom stereocenters. The van der Waals surface area contributed by atoms with Crippen LogP contribution in [0.15, 0.2) is 126 Å². The third-order valence-electron chi connectivity index (χ3n) is 11.1. The average molecular weight is 748 g/mol. The number of allylic oxidation sites excluding steroid dienone is 3. The van der Waals surface area contributed by atoms with Gasteiger partial charge in [0.2, 0.25) is 23.6 Å². The molecule has 1 saturated carbocycles. The molecule has 0 spiro atoms. The van der Waals surface area contributed by atoms with Gasteiger partial charge in [-0.15, -0.1) is 6.58 Å². The minimum absolute atomic E-state index is 0.0156. The quantitative estimate of drug-likeness (QED) is 0.160. The molecule has 6 atom stereocenters. The summed E-state index contributed by atoms with van der Waals surface area (Å²) in [6.07, 6.45) is 4.53. The van der Waals surface area contributed by atoms with Gasteiger partial charge in [-0.1, -0.05) is 99.9 Å². The molecule has 8 rings (SSSR count). The van der Waals surface area contributed by atoms with Gasteiger partial charge >= 0.3 is 0 Å². The molecule has 3 fully saturated rings. The van der Waals surface area contributed by atoms with Crippen LogP contribution < -0.4 is 9.80 Å². The van der Waals surface area contributed by atoms with Crippen molar-refractivity contribution in [3.8, 4) is 5.75 Å². The van der Waals surface area contributed by atoms with Gasteiger partial charge in [0.15, 0.2) is 0 Å². The predicted molar refractivity (Wildman–Crippen MR) is 195 cm³/mol. The molecule has 0 radical (unpaired) electrons. The van der Waals surface area contributed by atoms with Crippen LogP contribution in [-0.4, -0.2) is 28.7 Å². The number of carbonyl (C=O) groups is 4. The van der Waals surface area contributed by atoms with E-state index in [1.807, 2.05) is 48.5 Å². The highest BCUT2D eigenvalue weighted by Crippen LogP contribution is 2.65. The maximum atomic E-state index is 15.4. The number of halogens is 2. The lowest BCUT2D eigenvalue weighted by molar-refractivity contribution is -0.127. The molecule has 2 aliphatic carbocycles. The van der Waals surface area contributed by atoms with Gasteiger partial charge < -0.3 is 5.11 Å². The average Bonchev–Trinajstić information content (AvgIpc) is 3.51. The Kier molecular flexibility index (Phi) is 7.92. The number of benzene rings is 4. The lowest BCUT2D eigenvalue weighted by Crippen LogP contribution is -2.53. The number of hydrogen-bond donors (Lipinski definition) is 1. The molecule has 0 aromatic heterocycles. The first kappa shape index (κ1) is 32.4. The summed E-state index contributed by atoms with van der Waals surface area (Å²) in [7, 11) is 0. The van der Waals surface area contributed by atoms with Crippen LogP contribution in [0.2, 0.25) is 5.02 Å². The van der Waals surface area contributed by atoms with Crippen LogP contribution in [0, 0.1) is 23.7 Å². The van der Waals surface area contributed by atoms with E-state index in [4.69, 9.17) is 11.6 Å². The zero-order valence-electron chi connectivity index (χ0n) is 26.8. The van der Waals surface area contributed by atoms with Crippen molar-refractivity contribution in [1.29, 1.82) is 0 Å². The second kappa shape index (κ2) is 12.2. The molecular formula is C41H32BrClN2O5. The van der Waals surface area contributed by atoms with Gasteiger partial charge in [0.25, 0.3) is 0 Å². The standard InChI is InChI=1S/C41H32BrClN2O5/c1-2-8-23-9-6-14-31(36(23)46)35-29-19-20-30-34(39(49)44(37(30)47)27-17-15-25(42)16-18-27)32(29)22-33-38(48)45(28-13-7-12-26(43)21-28)40(50)41(33,35)24-10-4-3-5-11-24/h2-7,9-19,21,30,32-35,46H,1,8,20,22H2. The second-order valence-corrected chi connectivity index (χ2v) is 14.8. The summed E-state index contributed by atoms with van der Waals surface area (Å²) in [5.74, 6) is -5.08. The van der Waals surface area contributed by atoms with E-state index in [9.17, 15) is 19.5 Å². The van der Waals surface area contributed by atoms with Crippen molar-refractivity contribution in [1.82, 2.24) is 0 Å². The number of anilines is 2. The summed E-state index contributed by atoms with van der Waals surface area (Å²) in [6, 6.07) is 28.5. The number of amides is 4. The molecule has 2 heterocycles. The van der Waals surface area contributed by atoms with Crippen LogP contribution in [0.5, 0.6) is 5.75 Å². The normalized spacial score (nSPS) is 27.2. The van der Waals surface area contributed by atoms with Crippen LogP contribution in [-0.2, 0) is 31.0 Å². The molecule has 4 aliphatic rings. The topological polar surface area (TPSA) is 95.0 Å². The van der Waals surface area contributed by atoms with E-state index in [-0.39, 0.29) is 30.4 Å². The summed E-state index contributed by atoms with van der Waals surface area (Å²) in [5, 5.41) is 12.3. The van der Waals surface area contributed by atoms with Crippen molar-refractivity contribution < 1.29 is 24.3 Å². The van der Waals surface area contributed by atoms with Crippen molar-refractivity contribution >= 4 is 62.5 Å². The van der Waals surface area contributed by atoms with Gasteiger partial charge in [-0.05, 0) is 78.8 Å². The first-order valence-electron chi connectivity index (χ1n) is 16.6. The van der Waals surface area contributed by atoms with E-state index in [1.54, 1.807) is 60.7 Å². The van der Waals surface area contributed by atoms with E-state index < -0.39 is 46.8 Å². The Labute approximate surface area is 303 Å². The third-order valence-corrected chi connectivity index (χ3v) is 11.8. The highest BCUT2D eigenvalue weighted by molar-refractivity contribution is 9.10. The highest BCUT2D eigenvalue weighted by atomic mass is 79.9. The maximum Gasteiger partial charge on any atom is 0.246 e. The SMILES string of the molecule is C=CCc1cccc(C2C3=CCC4C(=O)N(c5ccc(Br)cc5)C(=O)C4C3CC3C(=O)N(c4cccc(Cl)c4)C(=O)C32c2ccccc2)c1O. The number of carbonyl (C=O) groups excluding carboxylic acids is 4. The van der Waals surface area contributed by atoms with Crippen LogP contribution >= 0.6 is 27.5 Å². The van der Waals surface area contributed by atoms with E-state index in [0.717, 1.165) is 10.0 Å². The number of aromatic hydroxyl groups is 1. The van der Waals surface area contributed by atoms with Crippen LogP contribution in [0.25, 0.3) is 0 Å². The molecule has 9 heteroatoms. The molecule has 7 nitrogen and oxygen atoms in total. The number of rotatable bonds is 6. The molecule has 250 valence electrons. The van der Waals surface area contributed by atoms with Gasteiger partial charge in [-0.25, -0.2) is 4.90 Å². The summed E-state index contributed by atoms with van der Waals surface area (Å²) in [5.41, 5.74) is 1.90. The molecular weight excluding hydrogens is 716 g/mol. The van der Waals surface area contributed by atoms with Gasteiger partial charge in [-0.2, -0.15) is 0 Å². The fraction of sp³-hybridized carbons (Fsp3) is 0.220. The number of hydrogen-bond acceptors (Lipinski definition) is 5. The molecule has 0 bridgehead atoms. The van der Waals surface area contributed by atoms with Crippen molar-refractivity contribution in [2.45, 2.75) is 30.6 Å². The van der Waals surface area contributed by atoms with E-state index >= 15 is 4.79 Å². The van der Waals surface area contributed by atoms with Crippen LogP contribution in [0.4, 0.5) is 11.4 Å². The Morgan fingerprint density at radius 3 is 2.30 bits per heavy atom. The van der Waals surface area contributed by atoms with Crippen molar-refractivity contribution in [3.63, 3.8) is 0 Å². The largest absolute Gasteiger partial charge is 0.507 e. The summed E-state index contributed by atoms with van der Waals surface area (Å²) in [4.78, 5) is 61.3. The second-order valence-electron chi connectivity index (χ2n) is 13.4. The predicted octanol–water partition coefficient (Wildman–Crippen LogP) is 7.90. The fourth-order valence-corrected chi connectivity index (χ4v) is 9.55. The van der Waals surface area contributed by atoms with E-state index in [2.05, 4.69) is 22.5 Å². The molecule has 2 aliphatic heterocycles. The molecule has 4 aromatic rings. The minimum atomic E-state index is -1.48. The van der Waals surface area contributed by atoms with Crippen molar-refractivity contribution in [2.75, 3.05) is 9.80 Å². The molecule has 2 saturated heterocycles. The van der Waals surface area contributed by atoms with Crippen LogP contribution in [0.1, 0.15) is 35.4 Å². The van der Waals surface area contributed by atoms with E-state index in [0.29, 0.717) is 39.5 Å². The number of nitrogens with zero attached hydrogens (tertiary/aromatic N) is 2. The Morgan fingerprint density at radius 1 is 0.840 bits per heavy atom. The van der Waals surface area contributed by atoms with Crippen LogP contribution in [0.3, 0.4) is 0 Å². The zero-order valence-corrected chi connectivity index (χ0v) is 29.2. The Bertz CT molecular complexity index is 2130. The number of para-hydroxylation sites is 1. The number of fused-ring (bicyclic) bond motifs is 4. The fourth-order valence-electron chi connectivity index (χ4n) is 9.10. The lowest BCUT2D eigenvalue weighted by atomic mass is 9.49. The van der Waals surface area contributed by atoms with Crippen molar-refractivity contribution in [2.24, 2.45) is 23.7 Å².